The molecule has 0 amide bonds. The monoisotopic (exact) mass is 267 g/mol. The standard InChI is InChI=1S/C9H18IN/c1-2-4-9-5-3-6-11(7-9)8-10/h9H,2-8H2,1H3. The minimum absolute atomic E-state index is 1.00. The highest BCUT2D eigenvalue weighted by molar-refractivity contribution is 14.1. The van der Waals surface area contributed by atoms with Crippen LogP contribution in [0.25, 0.3) is 0 Å². The fourth-order valence-electron chi connectivity index (χ4n) is 1.90. The molecule has 0 radical (unpaired) electrons. The van der Waals surface area contributed by atoms with Crippen LogP contribution in [0.2, 0.25) is 0 Å². The minimum atomic E-state index is 1.00. The highest BCUT2D eigenvalue weighted by atomic mass is 127. The molecule has 11 heavy (non-hydrogen) atoms. The summed E-state index contributed by atoms with van der Waals surface area (Å²) in [5, 5.41) is 0. The van der Waals surface area contributed by atoms with Gasteiger partial charge in [-0.1, -0.05) is 35.9 Å². The molecule has 0 aromatic rings. The van der Waals surface area contributed by atoms with Gasteiger partial charge < -0.3 is 0 Å². The maximum Gasteiger partial charge on any atom is 0.0505 e. The van der Waals surface area contributed by atoms with Crippen molar-refractivity contribution in [1.29, 1.82) is 0 Å². The van der Waals surface area contributed by atoms with E-state index >= 15 is 0 Å². The Morgan fingerprint density at radius 3 is 3.00 bits per heavy atom. The zero-order valence-corrected chi connectivity index (χ0v) is 9.51. The molecule has 1 fully saturated rings. The molecule has 0 spiro atoms. The van der Waals surface area contributed by atoms with E-state index in [0.29, 0.717) is 0 Å². The topological polar surface area (TPSA) is 3.24 Å². The zero-order valence-electron chi connectivity index (χ0n) is 7.35. The van der Waals surface area contributed by atoms with Crippen LogP contribution < -0.4 is 0 Å². The van der Waals surface area contributed by atoms with Crippen LogP contribution in [0.3, 0.4) is 0 Å². The third-order valence-corrected chi connectivity index (χ3v) is 3.43. The predicted molar refractivity (Wildman–Crippen MR) is 58.1 cm³/mol. The van der Waals surface area contributed by atoms with E-state index < -0.39 is 0 Å². The first-order valence-electron chi connectivity index (χ1n) is 4.65. The Kier molecular flexibility index (Phi) is 4.76. The van der Waals surface area contributed by atoms with Gasteiger partial charge in [-0.25, -0.2) is 0 Å². The maximum absolute atomic E-state index is 2.57. The zero-order chi connectivity index (χ0) is 8.10. The van der Waals surface area contributed by atoms with Gasteiger partial charge in [-0.2, -0.15) is 0 Å². The lowest BCUT2D eigenvalue weighted by Crippen LogP contribution is -2.34. The van der Waals surface area contributed by atoms with E-state index in [-0.39, 0.29) is 0 Å². The summed E-state index contributed by atoms with van der Waals surface area (Å²) < 4.78 is 1.22. The normalized spacial score (nSPS) is 27.3. The number of alkyl halides is 1. The molecular weight excluding hydrogens is 249 g/mol. The van der Waals surface area contributed by atoms with Gasteiger partial charge in [0.05, 0.1) is 4.55 Å². The van der Waals surface area contributed by atoms with Crippen molar-refractivity contribution in [1.82, 2.24) is 4.90 Å². The number of hydrogen-bond acceptors (Lipinski definition) is 1. The predicted octanol–water partition coefficient (Wildman–Crippen LogP) is 2.89. The molecule has 0 aliphatic carbocycles. The van der Waals surface area contributed by atoms with E-state index in [0.717, 1.165) is 5.92 Å². The Labute approximate surface area is 83.7 Å². The van der Waals surface area contributed by atoms with Crippen LogP contribution in [0.1, 0.15) is 32.6 Å². The summed E-state index contributed by atoms with van der Waals surface area (Å²) in [5.74, 6) is 1.00. The molecule has 2 heteroatoms. The van der Waals surface area contributed by atoms with Crippen LogP contribution in [0.15, 0.2) is 0 Å². The Balaban J connectivity index is 2.21. The number of rotatable bonds is 3. The summed E-state index contributed by atoms with van der Waals surface area (Å²) in [7, 11) is 0. The third kappa shape index (κ3) is 3.28. The molecule has 1 heterocycles. The second kappa shape index (κ2) is 5.36. The van der Waals surface area contributed by atoms with Crippen LogP contribution in [-0.2, 0) is 0 Å². The van der Waals surface area contributed by atoms with Crippen molar-refractivity contribution in [2.75, 3.05) is 17.6 Å². The summed E-state index contributed by atoms with van der Waals surface area (Å²) in [4.78, 5) is 2.57. The third-order valence-electron chi connectivity index (χ3n) is 2.47. The fourth-order valence-corrected chi connectivity index (χ4v) is 2.52. The van der Waals surface area contributed by atoms with Gasteiger partial charge >= 0.3 is 0 Å². The van der Waals surface area contributed by atoms with Gasteiger partial charge in [-0.05, 0) is 31.7 Å². The highest BCUT2D eigenvalue weighted by Gasteiger charge is 2.17. The summed E-state index contributed by atoms with van der Waals surface area (Å²) in [6, 6.07) is 0. The molecule has 1 aliphatic heterocycles. The van der Waals surface area contributed by atoms with E-state index in [1.54, 1.807) is 0 Å². The first-order chi connectivity index (χ1) is 5.36. The summed E-state index contributed by atoms with van der Waals surface area (Å²) in [6.07, 6.45) is 5.70. The Hall–Kier alpha value is 0.690. The summed E-state index contributed by atoms with van der Waals surface area (Å²) >= 11 is 2.47. The molecule has 0 N–H and O–H groups in total. The molecule has 1 aliphatic rings. The van der Waals surface area contributed by atoms with Crippen molar-refractivity contribution in [2.24, 2.45) is 5.92 Å². The average molecular weight is 267 g/mol. The molecule has 0 aromatic carbocycles. The lowest BCUT2D eigenvalue weighted by Gasteiger charge is -2.30. The van der Waals surface area contributed by atoms with Crippen molar-refractivity contribution in [2.45, 2.75) is 32.6 Å². The number of nitrogens with zero attached hydrogens (tertiary/aromatic N) is 1. The van der Waals surface area contributed by atoms with Gasteiger partial charge in [0.2, 0.25) is 0 Å². The largest absolute Gasteiger partial charge is 0.294 e. The van der Waals surface area contributed by atoms with Crippen LogP contribution in [0.5, 0.6) is 0 Å². The van der Waals surface area contributed by atoms with Gasteiger partial charge in [-0.3, -0.25) is 4.90 Å². The summed E-state index contributed by atoms with van der Waals surface area (Å²) in [6.45, 7) is 4.99. The molecule has 1 atom stereocenters. The molecule has 1 saturated heterocycles. The number of piperidine rings is 1. The Bertz CT molecular complexity index is 104. The van der Waals surface area contributed by atoms with Crippen LogP contribution in [-0.4, -0.2) is 22.5 Å². The second-order valence-corrected chi connectivity index (χ2v) is 4.18. The summed E-state index contributed by atoms with van der Waals surface area (Å²) in [5.41, 5.74) is 0. The molecule has 1 unspecified atom stereocenters. The number of hydrogen-bond donors (Lipinski definition) is 0. The molecule has 0 bridgehead atoms. The van der Waals surface area contributed by atoms with Gasteiger partial charge in [0, 0.05) is 6.54 Å². The quantitative estimate of drug-likeness (QED) is 0.432. The van der Waals surface area contributed by atoms with E-state index in [2.05, 4.69) is 34.4 Å². The van der Waals surface area contributed by atoms with E-state index in [9.17, 15) is 0 Å². The van der Waals surface area contributed by atoms with Crippen molar-refractivity contribution < 1.29 is 0 Å². The second-order valence-electron chi connectivity index (χ2n) is 3.49. The molecule has 0 aromatic heterocycles. The molecule has 66 valence electrons. The smallest absolute Gasteiger partial charge is 0.0505 e. The van der Waals surface area contributed by atoms with Crippen LogP contribution >= 0.6 is 22.6 Å². The number of halogens is 1. The molecule has 1 nitrogen and oxygen atoms in total. The van der Waals surface area contributed by atoms with Gasteiger partial charge in [0.1, 0.15) is 0 Å². The molecule has 0 saturated carbocycles. The Morgan fingerprint density at radius 2 is 2.36 bits per heavy atom. The van der Waals surface area contributed by atoms with Gasteiger partial charge in [0.25, 0.3) is 0 Å². The lowest BCUT2D eigenvalue weighted by atomic mass is 9.94. The first-order valence-corrected chi connectivity index (χ1v) is 6.17. The SMILES string of the molecule is CCCC1CCCN(CI)C1. The first kappa shape index (κ1) is 9.78. The minimum Gasteiger partial charge on any atom is -0.294 e. The van der Waals surface area contributed by atoms with Crippen LogP contribution in [0.4, 0.5) is 0 Å². The van der Waals surface area contributed by atoms with Crippen molar-refractivity contribution in [3.05, 3.63) is 0 Å². The molecular formula is C9H18IN. The Morgan fingerprint density at radius 1 is 1.55 bits per heavy atom. The number of likely N-dealkylation sites (tertiary alicyclic amines) is 1. The van der Waals surface area contributed by atoms with Crippen LogP contribution in [0, 0.1) is 5.92 Å². The maximum atomic E-state index is 2.57. The van der Waals surface area contributed by atoms with E-state index in [4.69, 9.17) is 0 Å². The van der Waals surface area contributed by atoms with Crippen molar-refractivity contribution >= 4 is 22.6 Å². The van der Waals surface area contributed by atoms with Gasteiger partial charge in [0.15, 0.2) is 0 Å². The van der Waals surface area contributed by atoms with E-state index in [1.165, 1.54) is 43.3 Å². The van der Waals surface area contributed by atoms with Crippen molar-refractivity contribution in [3.63, 3.8) is 0 Å². The lowest BCUT2D eigenvalue weighted by molar-refractivity contribution is 0.198. The van der Waals surface area contributed by atoms with Crippen molar-refractivity contribution in [3.8, 4) is 0 Å². The molecule has 1 rings (SSSR count). The highest BCUT2D eigenvalue weighted by Crippen LogP contribution is 2.20. The average Bonchev–Trinajstić information content (AvgIpc) is 2.06. The fraction of sp³-hybridized carbons (Fsp3) is 1.00. The van der Waals surface area contributed by atoms with E-state index in [1.807, 2.05) is 0 Å². The van der Waals surface area contributed by atoms with Gasteiger partial charge in [-0.15, -0.1) is 0 Å².